The number of aryl methyl sites for hydroxylation is 1. The number of alkyl halides is 1. The summed E-state index contributed by atoms with van der Waals surface area (Å²) in [5, 5.41) is 0.930. The maximum atomic E-state index is 5.47. The average molecular weight is 298 g/mol. The second-order valence-corrected chi connectivity index (χ2v) is 5.25. The van der Waals surface area contributed by atoms with E-state index in [2.05, 4.69) is 46.0 Å². The Balaban J connectivity index is 2.13. The lowest BCUT2D eigenvalue weighted by atomic mass is 10.0. The van der Waals surface area contributed by atoms with Gasteiger partial charge in [-0.15, -0.1) is 0 Å². The van der Waals surface area contributed by atoms with Gasteiger partial charge in [0.05, 0.1) is 6.10 Å². The minimum absolute atomic E-state index is 0.389. The van der Waals surface area contributed by atoms with E-state index in [0.717, 1.165) is 18.4 Å². The van der Waals surface area contributed by atoms with Crippen LogP contribution in [0.4, 0.5) is 5.69 Å². The van der Waals surface area contributed by atoms with Gasteiger partial charge in [0, 0.05) is 31.2 Å². The lowest BCUT2D eigenvalue weighted by Gasteiger charge is -2.34. The van der Waals surface area contributed by atoms with Crippen molar-refractivity contribution in [3.05, 3.63) is 29.3 Å². The quantitative estimate of drug-likeness (QED) is 0.792. The highest BCUT2D eigenvalue weighted by atomic mass is 79.9. The molecule has 17 heavy (non-hydrogen) atoms. The standard InChI is InChI=1S/C14H20BrNO/c1-11-8-13(6-5-12(11)9-15)16-7-3-4-14(10-16)17-2/h5-6,8,14H,3-4,7,9-10H2,1-2H3. The summed E-state index contributed by atoms with van der Waals surface area (Å²) < 4.78 is 5.47. The lowest BCUT2D eigenvalue weighted by molar-refractivity contribution is 0.0893. The molecule has 0 bridgehead atoms. The molecule has 0 spiro atoms. The van der Waals surface area contributed by atoms with Crippen LogP contribution in [0.5, 0.6) is 0 Å². The van der Waals surface area contributed by atoms with E-state index in [9.17, 15) is 0 Å². The third-order valence-corrected chi connectivity index (χ3v) is 4.15. The number of halogens is 1. The van der Waals surface area contributed by atoms with Gasteiger partial charge in [0.1, 0.15) is 0 Å². The van der Waals surface area contributed by atoms with Crippen LogP contribution in [-0.2, 0) is 10.1 Å². The number of hydrogen-bond donors (Lipinski definition) is 0. The molecule has 0 N–H and O–H groups in total. The number of rotatable bonds is 3. The second kappa shape index (κ2) is 5.87. The van der Waals surface area contributed by atoms with E-state index in [1.807, 2.05) is 7.11 Å². The average Bonchev–Trinajstić information content (AvgIpc) is 2.38. The summed E-state index contributed by atoms with van der Waals surface area (Å²) in [6, 6.07) is 6.73. The first-order valence-corrected chi connectivity index (χ1v) is 7.30. The van der Waals surface area contributed by atoms with E-state index in [1.165, 1.54) is 29.7 Å². The van der Waals surface area contributed by atoms with E-state index in [4.69, 9.17) is 4.74 Å². The van der Waals surface area contributed by atoms with E-state index in [1.54, 1.807) is 0 Å². The Bertz CT molecular complexity index is 380. The van der Waals surface area contributed by atoms with Crippen LogP contribution in [0, 0.1) is 6.92 Å². The molecule has 2 rings (SSSR count). The molecule has 1 saturated heterocycles. The van der Waals surface area contributed by atoms with Crippen molar-refractivity contribution >= 4 is 21.6 Å². The Morgan fingerprint density at radius 1 is 1.47 bits per heavy atom. The van der Waals surface area contributed by atoms with Gasteiger partial charge in [-0.1, -0.05) is 22.0 Å². The summed E-state index contributed by atoms with van der Waals surface area (Å²) >= 11 is 3.52. The lowest BCUT2D eigenvalue weighted by Crippen LogP contribution is -2.39. The van der Waals surface area contributed by atoms with E-state index >= 15 is 0 Å². The molecule has 94 valence electrons. The molecule has 1 aliphatic heterocycles. The van der Waals surface area contributed by atoms with Crippen molar-refractivity contribution in [2.24, 2.45) is 0 Å². The minimum Gasteiger partial charge on any atom is -0.380 e. The maximum Gasteiger partial charge on any atom is 0.0746 e. The third kappa shape index (κ3) is 3.02. The normalized spacial score (nSPS) is 20.6. The summed E-state index contributed by atoms with van der Waals surface area (Å²) in [6.45, 7) is 4.34. The van der Waals surface area contributed by atoms with Crippen molar-refractivity contribution in [3.8, 4) is 0 Å². The SMILES string of the molecule is COC1CCCN(c2ccc(CBr)c(C)c2)C1. The van der Waals surface area contributed by atoms with Crippen LogP contribution in [0.2, 0.25) is 0 Å². The monoisotopic (exact) mass is 297 g/mol. The van der Waals surface area contributed by atoms with Gasteiger partial charge in [0.2, 0.25) is 0 Å². The molecule has 0 amide bonds. The second-order valence-electron chi connectivity index (χ2n) is 4.69. The smallest absolute Gasteiger partial charge is 0.0746 e. The molecule has 0 saturated carbocycles. The molecule has 1 fully saturated rings. The van der Waals surface area contributed by atoms with Gasteiger partial charge in [-0.2, -0.15) is 0 Å². The van der Waals surface area contributed by atoms with Gasteiger partial charge in [0.15, 0.2) is 0 Å². The highest BCUT2D eigenvalue weighted by Crippen LogP contribution is 2.24. The first-order chi connectivity index (χ1) is 8.24. The van der Waals surface area contributed by atoms with Gasteiger partial charge in [-0.3, -0.25) is 0 Å². The topological polar surface area (TPSA) is 12.5 Å². The summed E-state index contributed by atoms with van der Waals surface area (Å²) in [7, 11) is 1.81. The number of anilines is 1. The molecule has 0 aliphatic carbocycles. The first kappa shape index (κ1) is 12.9. The molecule has 1 unspecified atom stereocenters. The largest absolute Gasteiger partial charge is 0.380 e. The van der Waals surface area contributed by atoms with Gasteiger partial charge in [0.25, 0.3) is 0 Å². The van der Waals surface area contributed by atoms with Gasteiger partial charge >= 0.3 is 0 Å². The molecular formula is C14H20BrNO. The predicted octanol–water partition coefficient (Wildman–Crippen LogP) is 3.51. The van der Waals surface area contributed by atoms with Crippen molar-refractivity contribution in [3.63, 3.8) is 0 Å². The van der Waals surface area contributed by atoms with Crippen LogP contribution >= 0.6 is 15.9 Å². The number of hydrogen-bond acceptors (Lipinski definition) is 2. The molecule has 0 radical (unpaired) electrons. The molecule has 1 atom stereocenters. The number of methoxy groups -OCH3 is 1. The summed E-state index contributed by atoms with van der Waals surface area (Å²) in [6.07, 6.45) is 2.79. The van der Waals surface area contributed by atoms with Crippen LogP contribution in [0.1, 0.15) is 24.0 Å². The summed E-state index contributed by atoms with van der Waals surface area (Å²) in [5.41, 5.74) is 4.06. The van der Waals surface area contributed by atoms with Crippen molar-refractivity contribution < 1.29 is 4.74 Å². The van der Waals surface area contributed by atoms with Gasteiger partial charge < -0.3 is 9.64 Å². The van der Waals surface area contributed by atoms with Gasteiger partial charge in [-0.25, -0.2) is 0 Å². The Morgan fingerprint density at radius 2 is 2.29 bits per heavy atom. The molecule has 3 heteroatoms. The highest BCUT2D eigenvalue weighted by Gasteiger charge is 2.19. The number of benzene rings is 1. The van der Waals surface area contributed by atoms with Crippen molar-refractivity contribution in [2.75, 3.05) is 25.1 Å². The van der Waals surface area contributed by atoms with Crippen LogP contribution < -0.4 is 4.90 Å². The predicted molar refractivity (Wildman–Crippen MR) is 76.1 cm³/mol. The number of ether oxygens (including phenoxy) is 1. The summed E-state index contributed by atoms with van der Waals surface area (Å²) in [5.74, 6) is 0. The zero-order chi connectivity index (χ0) is 12.3. The molecule has 1 aliphatic rings. The van der Waals surface area contributed by atoms with Crippen molar-refractivity contribution in [1.82, 2.24) is 0 Å². The Hall–Kier alpha value is -0.540. The van der Waals surface area contributed by atoms with Crippen LogP contribution in [0.15, 0.2) is 18.2 Å². The zero-order valence-corrected chi connectivity index (χ0v) is 12.2. The Morgan fingerprint density at radius 3 is 2.94 bits per heavy atom. The van der Waals surface area contributed by atoms with E-state index in [0.29, 0.717) is 6.10 Å². The number of nitrogens with zero attached hydrogens (tertiary/aromatic N) is 1. The van der Waals surface area contributed by atoms with Gasteiger partial charge in [-0.05, 0) is 43.0 Å². The Labute approximate surface area is 112 Å². The van der Waals surface area contributed by atoms with Crippen molar-refractivity contribution in [1.29, 1.82) is 0 Å². The third-order valence-electron chi connectivity index (χ3n) is 3.55. The summed E-state index contributed by atoms with van der Waals surface area (Å²) in [4.78, 5) is 2.43. The Kier molecular flexibility index (Phi) is 4.46. The molecule has 1 aromatic rings. The minimum atomic E-state index is 0.389. The molecule has 0 aromatic heterocycles. The molecule has 2 nitrogen and oxygen atoms in total. The van der Waals surface area contributed by atoms with E-state index in [-0.39, 0.29) is 0 Å². The fourth-order valence-electron chi connectivity index (χ4n) is 2.39. The highest BCUT2D eigenvalue weighted by molar-refractivity contribution is 9.08. The maximum absolute atomic E-state index is 5.47. The molecule has 1 aromatic carbocycles. The zero-order valence-electron chi connectivity index (χ0n) is 10.6. The molecular weight excluding hydrogens is 278 g/mol. The fraction of sp³-hybridized carbons (Fsp3) is 0.571. The van der Waals surface area contributed by atoms with Crippen LogP contribution in [0.3, 0.4) is 0 Å². The number of piperidine rings is 1. The fourth-order valence-corrected chi connectivity index (χ4v) is 3.02. The first-order valence-electron chi connectivity index (χ1n) is 6.18. The van der Waals surface area contributed by atoms with Crippen molar-refractivity contribution in [2.45, 2.75) is 31.2 Å². The van der Waals surface area contributed by atoms with Crippen LogP contribution in [0.25, 0.3) is 0 Å². The molecule has 1 heterocycles. The van der Waals surface area contributed by atoms with Crippen LogP contribution in [-0.4, -0.2) is 26.3 Å². The van der Waals surface area contributed by atoms with E-state index < -0.39 is 0 Å².